The zero-order valence-electron chi connectivity index (χ0n) is 15.3. The van der Waals surface area contributed by atoms with Gasteiger partial charge in [0.25, 0.3) is 0 Å². The standard InChI is InChI=1S/C12H18NO3.C6H9N2O.ClH/c1-12(2,3)16-11(14)7-6-10-5-4-8-13(15)9-10;7-4-6-2-1-3-8(9)5-6;/h4-5,8-9,15H,6-7H2,1-3H3;1-3,5,9H,4,7H2;1H/q2*+1;. The van der Waals surface area contributed by atoms with Crippen molar-refractivity contribution >= 4 is 18.4 Å². The molecule has 0 fully saturated rings. The molecule has 0 amide bonds. The lowest BCUT2D eigenvalue weighted by Crippen LogP contribution is -2.29. The second-order valence-corrected chi connectivity index (χ2v) is 6.47. The minimum atomic E-state index is -0.440. The molecule has 2 rings (SSSR count). The van der Waals surface area contributed by atoms with Gasteiger partial charge in [0.15, 0.2) is 0 Å². The molecule has 0 saturated heterocycles. The first-order valence-electron chi connectivity index (χ1n) is 8.00. The van der Waals surface area contributed by atoms with Crippen LogP contribution < -0.4 is 15.2 Å². The van der Waals surface area contributed by atoms with Crippen LogP contribution in [0.2, 0.25) is 0 Å². The number of ether oxygens (including phenoxy) is 1. The number of nitrogens with zero attached hydrogens (tertiary/aromatic N) is 2. The molecule has 4 N–H and O–H groups in total. The van der Waals surface area contributed by atoms with E-state index in [0.29, 0.717) is 19.4 Å². The molecule has 0 atom stereocenters. The summed E-state index contributed by atoms with van der Waals surface area (Å²) in [6, 6.07) is 7.18. The maximum absolute atomic E-state index is 11.4. The third-order valence-corrected chi connectivity index (χ3v) is 2.97. The normalized spacial score (nSPS) is 10.2. The number of rotatable bonds is 4. The monoisotopic (exact) mass is 385 g/mol. The van der Waals surface area contributed by atoms with Crippen LogP contribution >= 0.6 is 12.4 Å². The molecule has 0 aliphatic heterocycles. The Morgan fingerprint density at radius 2 is 1.58 bits per heavy atom. The van der Waals surface area contributed by atoms with E-state index < -0.39 is 5.60 Å². The van der Waals surface area contributed by atoms with Crippen molar-refractivity contribution in [1.82, 2.24) is 0 Å². The van der Waals surface area contributed by atoms with Crippen molar-refractivity contribution < 1.29 is 29.4 Å². The quantitative estimate of drug-likeness (QED) is 0.421. The highest BCUT2D eigenvalue weighted by atomic mass is 35.5. The largest absolute Gasteiger partial charge is 0.460 e. The molecule has 0 unspecified atom stereocenters. The summed E-state index contributed by atoms with van der Waals surface area (Å²) in [6.45, 7) is 5.99. The molecule has 2 heterocycles. The van der Waals surface area contributed by atoms with E-state index in [0.717, 1.165) is 20.6 Å². The highest BCUT2D eigenvalue weighted by Gasteiger charge is 2.16. The highest BCUT2D eigenvalue weighted by molar-refractivity contribution is 5.85. The Labute approximate surface area is 160 Å². The molecule has 0 aromatic carbocycles. The molecule has 26 heavy (non-hydrogen) atoms. The van der Waals surface area contributed by atoms with Gasteiger partial charge in [0.2, 0.25) is 24.8 Å². The molecule has 0 spiro atoms. The number of halogens is 1. The number of aromatic nitrogens is 2. The van der Waals surface area contributed by atoms with Crippen molar-refractivity contribution in [2.75, 3.05) is 0 Å². The van der Waals surface area contributed by atoms with E-state index in [4.69, 9.17) is 20.9 Å². The molecule has 0 saturated carbocycles. The smallest absolute Gasteiger partial charge is 0.306 e. The fourth-order valence-corrected chi connectivity index (χ4v) is 1.93. The van der Waals surface area contributed by atoms with Crippen LogP contribution in [0.1, 0.15) is 38.3 Å². The van der Waals surface area contributed by atoms with Crippen LogP contribution in [-0.4, -0.2) is 22.0 Å². The number of aryl methyl sites for hydroxylation is 1. The van der Waals surface area contributed by atoms with Crippen LogP contribution in [0.5, 0.6) is 0 Å². The van der Waals surface area contributed by atoms with Gasteiger partial charge in [0, 0.05) is 45.7 Å². The number of hydrogen-bond donors (Lipinski definition) is 3. The highest BCUT2D eigenvalue weighted by Crippen LogP contribution is 2.09. The van der Waals surface area contributed by atoms with Crippen LogP contribution in [0.15, 0.2) is 49.1 Å². The van der Waals surface area contributed by atoms with Crippen molar-refractivity contribution in [3.63, 3.8) is 0 Å². The van der Waals surface area contributed by atoms with Gasteiger partial charge in [-0.25, -0.2) is 0 Å². The van der Waals surface area contributed by atoms with E-state index in [1.54, 1.807) is 30.7 Å². The third-order valence-electron chi connectivity index (χ3n) is 2.97. The summed E-state index contributed by atoms with van der Waals surface area (Å²) < 4.78 is 7.15. The van der Waals surface area contributed by atoms with Crippen LogP contribution in [0.25, 0.3) is 0 Å². The third kappa shape index (κ3) is 10.5. The zero-order chi connectivity index (χ0) is 18.9. The van der Waals surface area contributed by atoms with Crippen molar-refractivity contribution in [2.45, 2.75) is 45.8 Å². The van der Waals surface area contributed by atoms with Crippen LogP contribution in [0.4, 0.5) is 0 Å². The summed E-state index contributed by atoms with van der Waals surface area (Å²) in [5.74, 6) is -0.221. The lowest BCUT2D eigenvalue weighted by molar-refractivity contribution is -0.905. The maximum atomic E-state index is 11.4. The first kappa shape index (κ1) is 23.6. The van der Waals surface area contributed by atoms with Gasteiger partial charge in [-0.1, -0.05) is 0 Å². The summed E-state index contributed by atoms with van der Waals surface area (Å²) in [5, 5.41) is 18.0. The van der Waals surface area contributed by atoms with Gasteiger partial charge in [-0.2, -0.15) is 0 Å². The van der Waals surface area contributed by atoms with Crippen LogP contribution in [0.3, 0.4) is 0 Å². The van der Waals surface area contributed by atoms with E-state index in [2.05, 4.69) is 0 Å². The van der Waals surface area contributed by atoms with Crippen LogP contribution in [-0.2, 0) is 22.5 Å². The molecule has 2 aromatic rings. The predicted molar refractivity (Wildman–Crippen MR) is 96.9 cm³/mol. The molecule has 8 heteroatoms. The minimum Gasteiger partial charge on any atom is -0.460 e. The Balaban J connectivity index is 0.000000532. The number of pyridine rings is 2. The van der Waals surface area contributed by atoms with Gasteiger partial charge in [0.05, 0.1) is 0 Å². The number of hydrogen-bond acceptors (Lipinski definition) is 5. The molecular weight excluding hydrogens is 358 g/mol. The van der Waals surface area contributed by atoms with Crippen molar-refractivity contribution in [2.24, 2.45) is 5.73 Å². The fraction of sp³-hybridized carbons (Fsp3) is 0.389. The molecular formula is C18H28ClN3O4+2. The van der Waals surface area contributed by atoms with E-state index in [1.807, 2.05) is 32.9 Å². The molecule has 144 valence electrons. The molecule has 0 aliphatic carbocycles. The van der Waals surface area contributed by atoms with Crippen LogP contribution in [0, 0.1) is 0 Å². The van der Waals surface area contributed by atoms with Crippen molar-refractivity contribution in [3.8, 4) is 0 Å². The van der Waals surface area contributed by atoms with E-state index in [9.17, 15) is 4.79 Å². The Bertz CT molecular complexity index is 690. The molecule has 0 radical (unpaired) electrons. The average molecular weight is 386 g/mol. The van der Waals surface area contributed by atoms with Gasteiger partial charge >= 0.3 is 5.97 Å². The first-order chi connectivity index (χ1) is 11.7. The van der Waals surface area contributed by atoms with E-state index in [1.165, 1.54) is 6.20 Å². The number of esters is 1. The predicted octanol–water partition coefficient (Wildman–Crippen LogP) is 1.58. The summed E-state index contributed by atoms with van der Waals surface area (Å²) >= 11 is 0. The lowest BCUT2D eigenvalue weighted by atomic mass is 10.1. The average Bonchev–Trinajstić information content (AvgIpc) is 2.52. The SMILES string of the molecule is CC(C)(C)OC(=O)CCc1ccc[n+](O)c1.Cl.NCc1ccc[n+](O)c1. The minimum absolute atomic E-state index is 0. The second kappa shape index (κ2) is 11.3. The summed E-state index contributed by atoms with van der Waals surface area (Å²) in [6.07, 6.45) is 7.10. The van der Waals surface area contributed by atoms with Gasteiger partial charge in [0.1, 0.15) is 5.60 Å². The number of carbonyl (C=O) groups is 1. The Hall–Kier alpha value is -2.38. The Morgan fingerprint density at radius 3 is 2.00 bits per heavy atom. The zero-order valence-corrected chi connectivity index (χ0v) is 16.1. The van der Waals surface area contributed by atoms with Crippen molar-refractivity contribution in [3.05, 3.63) is 60.2 Å². The van der Waals surface area contributed by atoms with E-state index in [-0.39, 0.29) is 18.4 Å². The lowest BCUT2D eigenvalue weighted by Gasteiger charge is -2.19. The van der Waals surface area contributed by atoms with Gasteiger partial charge in [-0.3, -0.25) is 15.2 Å². The van der Waals surface area contributed by atoms with Crippen molar-refractivity contribution in [1.29, 1.82) is 0 Å². The Morgan fingerprint density at radius 1 is 1.08 bits per heavy atom. The number of nitrogens with two attached hydrogens (primary N) is 1. The van der Waals surface area contributed by atoms with Gasteiger partial charge in [-0.05, 0) is 39.3 Å². The summed E-state index contributed by atoms with van der Waals surface area (Å²) in [4.78, 5) is 11.4. The summed E-state index contributed by atoms with van der Waals surface area (Å²) in [7, 11) is 0. The topological polar surface area (TPSA) is 101 Å². The molecule has 7 nitrogen and oxygen atoms in total. The molecule has 0 bridgehead atoms. The maximum Gasteiger partial charge on any atom is 0.306 e. The van der Waals surface area contributed by atoms with Gasteiger partial charge < -0.3 is 10.5 Å². The molecule has 0 aliphatic rings. The van der Waals surface area contributed by atoms with E-state index >= 15 is 0 Å². The Kier molecular flexibility index (Phi) is 10.2. The van der Waals surface area contributed by atoms with Gasteiger partial charge in [-0.15, -0.1) is 12.4 Å². The first-order valence-corrected chi connectivity index (χ1v) is 8.00. The second-order valence-electron chi connectivity index (χ2n) is 6.47. The molecule has 2 aromatic heterocycles. The number of carbonyl (C=O) groups excluding carboxylic acids is 1. The fourth-order valence-electron chi connectivity index (χ4n) is 1.93. The summed E-state index contributed by atoms with van der Waals surface area (Å²) in [5.41, 5.74) is 6.67.